The molecule has 1 amide bonds. The van der Waals surface area contributed by atoms with E-state index in [0.717, 1.165) is 11.3 Å². The summed E-state index contributed by atoms with van der Waals surface area (Å²) in [5.74, 6) is 0.0606. The van der Waals surface area contributed by atoms with Gasteiger partial charge < -0.3 is 4.90 Å². The van der Waals surface area contributed by atoms with Gasteiger partial charge in [0.1, 0.15) is 5.69 Å². The summed E-state index contributed by atoms with van der Waals surface area (Å²) in [5.41, 5.74) is 2.30. The minimum atomic E-state index is -0.124. The molecule has 0 aliphatic carbocycles. The quantitative estimate of drug-likeness (QED) is 0.863. The molecule has 22 heavy (non-hydrogen) atoms. The van der Waals surface area contributed by atoms with Crippen LogP contribution in [0.5, 0.6) is 0 Å². The number of aryl methyl sites for hydroxylation is 1. The molecular weight excluding hydrogens is 298 g/mol. The summed E-state index contributed by atoms with van der Waals surface area (Å²) < 4.78 is 0. The molecule has 0 bridgehead atoms. The predicted octanol–water partition coefficient (Wildman–Crippen LogP) is 3.70. The minimum Gasteiger partial charge on any atom is -0.337 e. The Bertz CT molecular complexity index is 640. The molecule has 4 nitrogen and oxygen atoms in total. The first-order valence-electron chi connectivity index (χ1n) is 7.21. The summed E-state index contributed by atoms with van der Waals surface area (Å²) in [6.07, 6.45) is 3.13. The summed E-state index contributed by atoms with van der Waals surface area (Å²) in [6, 6.07) is 7.75. The zero-order valence-electron chi connectivity index (χ0n) is 13.2. The lowest BCUT2D eigenvalue weighted by Gasteiger charge is -2.30. The molecule has 1 heterocycles. The van der Waals surface area contributed by atoms with Gasteiger partial charge in [0.2, 0.25) is 0 Å². The van der Waals surface area contributed by atoms with E-state index in [2.05, 4.69) is 16.9 Å². The smallest absolute Gasteiger partial charge is 0.274 e. The molecule has 2 aromatic rings. The van der Waals surface area contributed by atoms with Crippen LogP contribution in [0, 0.1) is 6.92 Å². The highest BCUT2D eigenvalue weighted by atomic mass is 35.5. The Labute approximate surface area is 136 Å². The highest BCUT2D eigenvalue weighted by molar-refractivity contribution is 6.30. The molecule has 0 aliphatic rings. The van der Waals surface area contributed by atoms with Crippen molar-refractivity contribution in [2.45, 2.75) is 32.7 Å². The first kappa shape index (κ1) is 16.4. The molecule has 0 unspecified atom stereocenters. The van der Waals surface area contributed by atoms with Crippen molar-refractivity contribution < 1.29 is 4.79 Å². The van der Waals surface area contributed by atoms with Gasteiger partial charge in [-0.3, -0.25) is 9.78 Å². The second kappa shape index (κ2) is 6.88. The van der Waals surface area contributed by atoms with E-state index in [0.29, 0.717) is 10.7 Å². The van der Waals surface area contributed by atoms with Gasteiger partial charge >= 0.3 is 0 Å². The maximum atomic E-state index is 12.5. The van der Waals surface area contributed by atoms with Gasteiger partial charge in [0, 0.05) is 30.2 Å². The average Bonchev–Trinajstić information content (AvgIpc) is 2.53. The number of likely N-dealkylation sites (N-methyl/N-ethyl adjacent to an activating group) is 1. The molecular formula is C17H20ClN3O. The number of hydrogen-bond acceptors (Lipinski definition) is 3. The van der Waals surface area contributed by atoms with Crippen molar-refractivity contribution in [3.8, 4) is 0 Å². The molecule has 2 atom stereocenters. The Morgan fingerprint density at radius 2 is 1.77 bits per heavy atom. The largest absolute Gasteiger partial charge is 0.337 e. The number of carbonyl (C=O) groups is 1. The molecule has 0 radical (unpaired) electrons. The molecule has 0 fully saturated rings. The number of hydrogen-bond donors (Lipinski definition) is 0. The van der Waals surface area contributed by atoms with Crippen LogP contribution in [-0.2, 0) is 0 Å². The first-order valence-corrected chi connectivity index (χ1v) is 7.59. The zero-order valence-corrected chi connectivity index (χ0v) is 14.0. The van der Waals surface area contributed by atoms with E-state index >= 15 is 0 Å². The third-order valence-corrected chi connectivity index (χ3v) is 4.30. The van der Waals surface area contributed by atoms with Crippen LogP contribution in [0.3, 0.4) is 0 Å². The van der Waals surface area contributed by atoms with E-state index < -0.39 is 0 Å². The lowest BCUT2D eigenvalue weighted by atomic mass is 9.93. The van der Waals surface area contributed by atoms with Gasteiger partial charge in [-0.1, -0.05) is 30.7 Å². The van der Waals surface area contributed by atoms with Crippen molar-refractivity contribution in [3.05, 3.63) is 58.6 Å². The van der Waals surface area contributed by atoms with Crippen molar-refractivity contribution in [1.29, 1.82) is 0 Å². The number of nitrogens with zero attached hydrogens (tertiary/aromatic N) is 3. The summed E-state index contributed by atoms with van der Waals surface area (Å²) in [5, 5.41) is 0.711. The molecule has 0 saturated carbocycles. The lowest BCUT2D eigenvalue weighted by Crippen LogP contribution is -2.38. The van der Waals surface area contributed by atoms with Gasteiger partial charge in [-0.2, -0.15) is 0 Å². The fraction of sp³-hybridized carbons (Fsp3) is 0.353. The monoisotopic (exact) mass is 317 g/mol. The number of benzene rings is 1. The van der Waals surface area contributed by atoms with Crippen LogP contribution in [0.15, 0.2) is 36.7 Å². The van der Waals surface area contributed by atoms with E-state index in [1.54, 1.807) is 18.1 Å². The van der Waals surface area contributed by atoms with E-state index in [1.807, 2.05) is 38.1 Å². The van der Waals surface area contributed by atoms with Crippen LogP contribution in [0.1, 0.15) is 41.5 Å². The Hall–Kier alpha value is -1.94. The second-order valence-electron chi connectivity index (χ2n) is 5.54. The van der Waals surface area contributed by atoms with Gasteiger partial charge in [0.15, 0.2) is 0 Å². The minimum absolute atomic E-state index is 0.0248. The molecule has 0 spiro atoms. The van der Waals surface area contributed by atoms with Crippen LogP contribution < -0.4 is 0 Å². The van der Waals surface area contributed by atoms with Gasteiger partial charge in [-0.25, -0.2) is 4.98 Å². The Morgan fingerprint density at radius 3 is 2.32 bits per heavy atom. The second-order valence-corrected chi connectivity index (χ2v) is 5.98. The highest BCUT2D eigenvalue weighted by Gasteiger charge is 2.24. The SMILES string of the molecule is Cc1cnc(C(=O)N(C)[C@H](C)[C@H](C)c2ccc(Cl)cc2)cn1. The molecule has 2 rings (SSSR count). The average molecular weight is 318 g/mol. The van der Waals surface area contributed by atoms with Crippen molar-refractivity contribution >= 4 is 17.5 Å². The first-order chi connectivity index (χ1) is 10.4. The number of carbonyl (C=O) groups excluding carboxylic acids is 1. The number of amides is 1. The van der Waals surface area contributed by atoms with Gasteiger partial charge in [0.25, 0.3) is 5.91 Å². The van der Waals surface area contributed by atoms with Crippen LogP contribution >= 0.6 is 11.6 Å². The van der Waals surface area contributed by atoms with E-state index in [-0.39, 0.29) is 17.9 Å². The topological polar surface area (TPSA) is 46.1 Å². The van der Waals surface area contributed by atoms with Gasteiger partial charge in [-0.05, 0) is 31.5 Å². The standard InChI is InChI=1S/C17H20ClN3O/c1-11-9-20-16(10-19-11)17(22)21(4)13(3)12(2)14-5-7-15(18)8-6-14/h5-10,12-13H,1-4H3/t12-,13+/m0/s1. The fourth-order valence-electron chi connectivity index (χ4n) is 2.25. The third kappa shape index (κ3) is 3.63. The summed E-state index contributed by atoms with van der Waals surface area (Å²) in [6.45, 7) is 5.97. The molecule has 116 valence electrons. The van der Waals surface area contributed by atoms with Gasteiger partial charge in [-0.15, -0.1) is 0 Å². The van der Waals surface area contributed by atoms with E-state index in [1.165, 1.54) is 6.20 Å². The Morgan fingerprint density at radius 1 is 1.14 bits per heavy atom. The van der Waals surface area contributed by atoms with E-state index in [4.69, 9.17) is 11.6 Å². The third-order valence-electron chi connectivity index (χ3n) is 4.05. The summed E-state index contributed by atoms with van der Waals surface area (Å²) in [4.78, 5) is 22.5. The number of aromatic nitrogens is 2. The lowest BCUT2D eigenvalue weighted by molar-refractivity contribution is 0.0720. The number of halogens is 1. The Kier molecular flexibility index (Phi) is 5.14. The predicted molar refractivity (Wildman–Crippen MR) is 88.2 cm³/mol. The van der Waals surface area contributed by atoms with Crippen LogP contribution in [0.4, 0.5) is 0 Å². The van der Waals surface area contributed by atoms with Crippen LogP contribution in [0.2, 0.25) is 5.02 Å². The maximum absolute atomic E-state index is 12.5. The summed E-state index contributed by atoms with van der Waals surface area (Å²) >= 11 is 5.92. The van der Waals surface area contributed by atoms with Crippen LogP contribution in [0.25, 0.3) is 0 Å². The molecule has 0 aliphatic heterocycles. The molecule has 5 heteroatoms. The fourth-order valence-corrected chi connectivity index (χ4v) is 2.37. The van der Waals surface area contributed by atoms with Crippen molar-refractivity contribution in [2.75, 3.05) is 7.05 Å². The molecule has 0 N–H and O–H groups in total. The molecule has 1 aromatic heterocycles. The van der Waals surface area contributed by atoms with Crippen LogP contribution in [-0.4, -0.2) is 33.9 Å². The normalized spacial score (nSPS) is 13.5. The maximum Gasteiger partial charge on any atom is 0.274 e. The summed E-state index contributed by atoms with van der Waals surface area (Å²) in [7, 11) is 1.79. The molecule has 0 saturated heterocycles. The number of rotatable bonds is 4. The highest BCUT2D eigenvalue weighted by Crippen LogP contribution is 2.24. The van der Waals surface area contributed by atoms with Gasteiger partial charge in [0.05, 0.1) is 11.9 Å². The van der Waals surface area contributed by atoms with E-state index in [9.17, 15) is 4.79 Å². The molecule has 1 aromatic carbocycles. The van der Waals surface area contributed by atoms with Crippen molar-refractivity contribution in [2.24, 2.45) is 0 Å². The van der Waals surface area contributed by atoms with Crippen molar-refractivity contribution in [3.63, 3.8) is 0 Å². The zero-order chi connectivity index (χ0) is 16.3. The van der Waals surface area contributed by atoms with Crippen molar-refractivity contribution in [1.82, 2.24) is 14.9 Å². The Balaban J connectivity index is 2.13.